The van der Waals surface area contributed by atoms with Gasteiger partial charge >= 0.3 is 0 Å². The molecule has 1 aliphatic rings. The summed E-state index contributed by atoms with van der Waals surface area (Å²) in [5, 5.41) is 19.5. The molecular weight excluding hydrogens is 240 g/mol. The number of nitro groups is 1. The third-order valence-corrected chi connectivity index (χ3v) is 2.64. The molecule has 0 unspecified atom stereocenters. The Morgan fingerprint density at radius 2 is 2.28 bits per heavy atom. The van der Waals surface area contributed by atoms with Crippen LogP contribution in [-0.4, -0.2) is 35.7 Å². The highest BCUT2D eigenvalue weighted by atomic mass is 16.6. The number of aliphatic hydroxyl groups is 1. The first-order valence-corrected chi connectivity index (χ1v) is 5.46. The molecule has 0 bridgehead atoms. The fourth-order valence-electron chi connectivity index (χ4n) is 1.78. The largest absolute Gasteiger partial charge is 0.482 e. The second-order valence-corrected chi connectivity index (χ2v) is 3.82. The number of non-ortho nitro benzene ring substituents is 1. The van der Waals surface area contributed by atoms with E-state index >= 15 is 0 Å². The topological polar surface area (TPSA) is 92.9 Å². The van der Waals surface area contributed by atoms with E-state index in [4.69, 9.17) is 9.84 Å². The van der Waals surface area contributed by atoms with E-state index in [1.807, 2.05) is 0 Å². The van der Waals surface area contributed by atoms with E-state index in [1.165, 1.54) is 23.1 Å². The molecule has 1 N–H and O–H groups in total. The van der Waals surface area contributed by atoms with Gasteiger partial charge in [-0.15, -0.1) is 0 Å². The molecule has 1 aromatic carbocycles. The Kier molecular flexibility index (Phi) is 3.42. The van der Waals surface area contributed by atoms with E-state index in [0.29, 0.717) is 24.4 Å². The monoisotopic (exact) mass is 252 g/mol. The van der Waals surface area contributed by atoms with Crippen molar-refractivity contribution in [2.45, 2.75) is 6.42 Å². The fourth-order valence-corrected chi connectivity index (χ4v) is 1.78. The molecule has 0 spiro atoms. The summed E-state index contributed by atoms with van der Waals surface area (Å²) in [5.74, 6) is 0.176. The lowest BCUT2D eigenvalue weighted by atomic mass is 10.2. The molecule has 1 heterocycles. The van der Waals surface area contributed by atoms with Crippen LogP contribution in [0.1, 0.15) is 6.42 Å². The summed E-state index contributed by atoms with van der Waals surface area (Å²) < 4.78 is 5.20. The Hall–Kier alpha value is -2.15. The van der Waals surface area contributed by atoms with E-state index < -0.39 is 4.92 Å². The predicted molar refractivity (Wildman–Crippen MR) is 62.6 cm³/mol. The maximum atomic E-state index is 11.7. The third kappa shape index (κ3) is 2.25. The zero-order chi connectivity index (χ0) is 13.1. The van der Waals surface area contributed by atoms with Gasteiger partial charge < -0.3 is 14.7 Å². The predicted octanol–water partition coefficient (Wildman–Crippen LogP) is 0.703. The molecule has 0 fully saturated rings. The van der Waals surface area contributed by atoms with Crippen molar-refractivity contribution >= 4 is 17.3 Å². The molecule has 18 heavy (non-hydrogen) atoms. The molecule has 0 atom stereocenters. The smallest absolute Gasteiger partial charge is 0.271 e. The van der Waals surface area contributed by atoms with E-state index in [2.05, 4.69) is 0 Å². The first-order chi connectivity index (χ1) is 8.63. The van der Waals surface area contributed by atoms with Crippen molar-refractivity contribution < 1.29 is 19.6 Å². The first-order valence-electron chi connectivity index (χ1n) is 5.46. The van der Waals surface area contributed by atoms with Crippen molar-refractivity contribution in [3.8, 4) is 5.75 Å². The summed E-state index contributed by atoms with van der Waals surface area (Å²) >= 11 is 0. The van der Waals surface area contributed by atoms with Gasteiger partial charge in [0, 0.05) is 25.3 Å². The Labute approximate surface area is 103 Å². The van der Waals surface area contributed by atoms with Gasteiger partial charge in [-0.25, -0.2) is 0 Å². The van der Waals surface area contributed by atoms with E-state index in [1.54, 1.807) is 0 Å². The molecule has 96 valence electrons. The van der Waals surface area contributed by atoms with Crippen molar-refractivity contribution in [2.24, 2.45) is 0 Å². The van der Waals surface area contributed by atoms with Crippen molar-refractivity contribution in [1.82, 2.24) is 0 Å². The van der Waals surface area contributed by atoms with Gasteiger partial charge in [0.1, 0.15) is 5.75 Å². The first kappa shape index (κ1) is 12.3. The standard InChI is InChI=1S/C11H12N2O5/c14-5-1-4-12-9-6-8(13(16)17)2-3-10(9)18-7-11(12)15/h2-3,6,14H,1,4-5,7H2. The number of rotatable bonds is 4. The van der Waals surface area contributed by atoms with Crippen molar-refractivity contribution in [2.75, 3.05) is 24.7 Å². The van der Waals surface area contributed by atoms with Crippen LogP contribution >= 0.6 is 0 Å². The summed E-state index contributed by atoms with van der Waals surface area (Å²) in [5.41, 5.74) is 0.287. The molecule has 1 amide bonds. The maximum absolute atomic E-state index is 11.7. The Balaban J connectivity index is 2.36. The summed E-state index contributed by atoms with van der Waals surface area (Å²) in [6.45, 7) is 0.179. The highest BCUT2D eigenvalue weighted by Gasteiger charge is 2.26. The van der Waals surface area contributed by atoms with Crippen LogP contribution in [0.25, 0.3) is 0 Å². The minimum Gasteiger partial charge on any atom is -0.482 e. The number of amides is 1. The van der Waals surface area contributed by atoms with Gasteiger partial charge in [0.25, 0.3) is 11.6 Å². The van der Waals surface area contributed by atoms with Gasteiger partial charge in [-0.2, -0.15) is 0 Å². The molecule has 7 nitrogen and oxygen atoms in total. The number of nitro benzene ring substituents is 1. The summed E-state index contributed by atoms with van der Waals surface area (Å²) in [4.78, 5) is 23.3. The highest BCUT2D eigenvalue weighted by molar-refractivity contribution is 5.98. The van der Waals surface area contributed by atoms with Crippen LogP contribution in [0, 0.1) is 10.1 Å². The lowest BCUT2D eigenvalue weighted by Gasteiger charge is -2.28. The van der Waals surface area contributed by atoms with Crippen LogP contribution in [-0.2, 0) is 4.79 Å². The van der Waals surface area contributed by atoms with Gasteiger partial charge in [-0.05, 0) is 12.5 Å². The van der Waals surface area contributed by atoms with E-state index in [-0.39, 0.29) is 24.8 Å². The van der Waals surface area contributed by atoms with Gasteiger partial charge in [0.15, 0.2) is 6.61 Å². The van der Waals surface area contributed by atoms with Gasteiger partial charge in [-0.3, -0.25) is 14.9 Å². The van der Waals surface area contributed by atoms with Gasteiger partial charge in [0.2, 0.25) is 0 Å². The zero-order valence-electron chi connectivity index (χ0n) is 9.54. The lowest BCUT2D eigenvalue weighted by Crippen LogP contribution is -2.39. The maximum Gasteiger partial charge on any atom is 0.271 e. The molecule has 1 aliphatic heterocycles. The number of carbonyl (C=O) groups is 1. The van der Waals surface area contributed by atoms with E-state index in [9.17, 15) is 14.9 Å². The average molecular weight is 252 g/mol. The van der Waals surface area contributed by atoms with Crippen molar-refractivity contribution in [3.63, 3.8) is 0 Å². The number of anilines is 1. The number of fused-ring (bicyclic) bond motifs is 1. The van der Waals surface area contributed by atoms with Crippen LogP contribution in [0.15, 0.2) is 18.2 Å². The number of ether oxygens (including phenoxy) is 1. The Morgan fingerprint density at radius 3 is 2.94 bits per heavy atom. The third-order valence-electron chi connectivity index (χ3n) is 2.64. The molecule has 1 aromatic rings. The Bertz CT molecular complexity index is 488. The number of aliphatic hydroxyl groups excluding tert-OH is 1. The number of benzene rings is 1. The minimum atomic E-state index is -0.524. The quantitative estimate of drug-likeness (QED) is 0.629. The molecule has 0 saturated heterocycles. The SMILES string of the molecule is O=C1COc2ccc([N+](=O)[O-])cc2N1CCCO. The summed E-state index contributed by atoms with van der Waals surface area (Å²) in [7, 11) is 0. The number of hydrogen-bond donors (Lipinski definition) is 1. The summed E-state index contributed by atoms with van der Waals surface area (Å²) in [6, 6.07) is 4.12. The molecule has 0 aromatic heterocycles. The van der Waals surface area contributed by atoms with Crippen LogP contribution in [0.3, 0.4) is 0 Å². The van der Waals surface area contributed by atoms with E-state index in [0.717, 1.165) is 0 Å². The van der Waals surface area contributed by atoms with Gasteiger partial charge in [0.05, 0.1) is 10.6 Å². The molecule has 0 radical (unpaired) electrons. The van der Waals surface area contributed by atoms with Crippen molar-refractivity contribution in [3.05, 3.63) is 28.3 Å². The van der Waals surface area contributed by atoms with Gasteiger partial charge in [-0.1, -0.05) is 0 Å². The molecule has 0 saturated carbocycles. The molecule has 0 aliphatic carbocycles. The molecular formula is C11H12N2O5. The Morgan fingerprint density at radius 1 is 1.50 bits per heavy atom. The lowest BCUT2D eigenvalue weighted by molar-refractivity contribution is -0.384. The second-order valence-electron chi connectivity index (χ2n) is 3.82. The number of hydrogen-bond acceptors (Lipinski definition) is 5. The van der Waals surface area contributed by atoms with Crippen LogP contribution in [0.2, 0.25) is 0 Å². The number of carbonyl (C=O) groups excluding carboxylic acids is 1. The second kappa shape index (κ2) is 5.01. The van der Waals surface area contributed by atoms with Crippen LogP contribution in [0.5, 0.6) is 5.75 Å². The normalized spacial score (nSPS) is 14.1. The van der Waals surface area contributed by atoms with Crippen LogP contribution < -0.4 is 9.64 Å². The average Bonchev–Trinajstić information content (AvgIpc) is 2.37. The minimum absolute atomic E-state index is 0.0467. The summed E-state index contributed by atoms with van der Waals surface area (Å²) in [6.07, 6.45) is 0.411. The fraction of sp³-hybridized carbons (Fsp3) is 0.364. The zero-order valence-corrected chi connectivity index (χ0v) is 9.54. The molecule has 7 heteroatoms. The van der Waals surface area contributed by atoms with Crippen LogP contribution in [0.4, 0.5) is 11.4 Å². The highest BCUT2D eigenvalue weighted by Crippen LogP contribution is 2.35. The van der Waals surface area contributed by atoms with Crippen molar-refractivity contribution in [1.29, 1.82) is 0 Å². The number of nitrogens with zero attached hydrogens (tertiary/aromatic N) is 2. The molecule has 2 rings (SSSR count).